The maximum absolute atomic E-state index is 12.6. The lowest BCUT2D eigenvalue weighted by Gasteiger charge is -2.25. The lowest BCUT2D eigenvalue weighted by Crippen LogP contribution is -2.51. The minimum absolute atomic E-state index is 0.163. The minimum Gasteiger partial charge on any atom is -0.444 e. The molecule has 198 valence electrons. The van der Waals surface area contributed by atoms with E-state index in [-0.39, 0.29) is 36.7 Å². The number of nitrogens with one attached hydrogen (secondary N) is 4. The van der Waals surface area contributed by atoms with Gasteiger partial charge in [0.15, 0.2) is 0 Å². The number of ether oxygens (including phenoxy) is 2. The summed E-state index contributed by atoms with van der Waals surface area (Å²) < 4.78 is 10.5. The molecule has 0 radical (unpaired) electrons. The molecule has 0 aliphatic rings. The van der Waals surface area contributed by atoms with Crippen LogP contribution in [0, 0.1) is 11.8 Å². The van der Waals surface area contributed by atoms with Crippen LogP contribution in [0.1, 0.15) is 82.1 Å². The Kier molecular flexibility index (Phi) is 13.0. The van der Waals surface area contributed by atoms with Crippen LogP contribution < -0.4 is 21.3 Å². The molecule has 0 rings (SSSR count). The first kappa shape index (κ1) is 31.5. The Morgan fingerprint density at radius 3 is 1.15 bits per heavy atom. The van der Waals surface area contributed by atoms with E-state index in [2.05, 4.69) is 21.3 Å². The first-order valence-corrected chi connectivity index (χ1v) is 11.9. The third-order valence-electron chi connectivity index (χ3n) is 4.15. The van der Waals surface area contributed by atoms with Gasteiger partial charge in [-0.3, -0.25) is 9.59 Å². The Morgan fingerprint density at radius 2 is 0.912 bits per heavy atom. The number of carbonyl (C=O) groups is 4. The van der Waals surface area contributed by atoms with E-state index in [0.29, 0.717) is 12.8 Å². The van der Waals surface area contributed by atoms with Gasteiger partial charge in [-0.25, -0.2) is 9.59 Å². The first-order valence-electron chi connectivity index (χ1n) is 11.9. The smallest absolute Gasteiger partial charge is 0.408 e. The fourth-order valence-corrected chi connectivity index (χ4v) is 2.92. The zero-order valence-corrected chi connectivity index (χ0v) is 22.6. The molecule has 0 unspecified atom stereocenters. The van der Waals surface area contributed by atoms with Crippen LogP contribution in [0.15, 0.2) is 0 Å². The van der Waals surface area contributed by atoms with Gasteiger partial charge in [-0.2, -0.15) is 0 Å². The van der Waals surface area contributed by atoms with Gasteiger partial charge in [-0.1, -0.05) is 27.7 Å². The SMILES string of the molecule is CC(C)C[C@@H](NC(=O)OC(C)(C)C)C(=O)NCCNC(=O)[C@@H](CC(C)C)NC(=O)OC(C)(C)C. The van der Waals surface area contributed by atoms with Gasteiger partial charge in [0.2, 0.25) is 11.8 Å². The van der Waals surface area contributed by atoms with Crippen molar-refractivity contribution in [2.45, 2.75) is 105 Å². The fourth-order valence-electron chi connectivity index (χ4n) is 2.92. The van der Waals surface area contributed by atoms with Crippen LogP contribution in [0.2, 0.25) is 0 Å². The van der Waals surface area contributed by atoms with Gasteiger partial charge < -0.3 is 30.7 Å². The highest BCUT2D eigenvalue weighted by Gasteiger charge is 2.26. The second-order valence-electron chi connectivity index (χ2n) is 11.2. The van der Waals surface area contributed by atoms with E-state index < -0.39 is 35.5 Å². The molecule has 0 aliphatic carbocycles. The summed E-state index contributed by atoms with van der Waals surface area (Å²) >= 11 is 0. The van der Waals surface area contributed by atoms with Gasteiger partial charge >= 0.3 is 12.2 Å². The molecule has 0 fully saturated rings. The molecule has 10 nitrogen and oxygen atoms in total. The van der Waals surface area contributed by atoms with Gasteiger partial charge in [0.05, 0.1) is 0 Å². The van der Waals surface area contributed by atoms with E-state index >= 15 is 0 Å². The molecule has 34 heavy (non-hydrogen) atoms. The van der Waals surface area contributed by atoms with E-state index in [0.717, 1.165) is 0 Å². The Hall–Kier alpha value is -2.52. The fraction of sp³-hybridized carbons (Fsp3) is 0.833. The molecular weight excluding hydrogens is 440 g/mol. The summed E-state index contributed by atoms with van der Waals surface area (Å²) in [5.41, 5.74) is -1.35. The predicted molar refractivity (Wildman–Crippen MR) is 131 cm³/mol. The lowest BCUT2D eigenvalue weighted by molar-refractivity contribution is -0.125. The average Bonchev–Trinajstić information content (AvgIpc) is 2.59. The second-order valence-corrected chi connectivity index (χ2v) is 11.2. The van der Waals surface area contributed by atoms with Gasteiger partial charge in [-0.15, -0.1) is 0 Å². The lowest BCUT2D eigenvalue weighted by atomic mass is 10.0. The zero-order chi connectivity index (χ0) is 26.7. The van der Waals surface area contributed by atoms with Crippen LogP contribution >= 0.6 is 0 Å². The molecule has 10 heteroatoms. The summed E-state index contributed by atoms with van der Waals surface area (Å²) in [7, 11) is 0. The van der Waals surface area contributed by atoms with Crippen LogP contribution in [-0.2, 0) is 19.1 Å². The molecule has 0 aromatic rings. The van der Waals surface area contributed by atoms with Crippen molar-refractivity contribution in [2.24, 2.45) is 11.8 Å². The predicted octanol–water partition coefficient (Wildman–Crippen LogP) is 3.10. The van der Waals surface area contributed by atoms with Crippen molar-refractivity contribution in [1.82, 2.24) is 21.3 Å². The van der Waals surface area contributed by atoms with E-state index in [9.17, 15) is 19.2 Å². The van der Waals surface area contributed by atoms with Crippen LogP contribution in [0.4, 0.5) is 9.59 Å². The Balaban J connectivity index is 4.80. The summed E-state index contributed by atoms with van der Waals surface area (Å²) in [5.74, 6) is -0.388. The highest BCUT2D eigenvalue weighted by molar-refractivity contribution is 5.86. The van der Waals surface area contributed by atoms with E-state index in [4.69, 9.17) is 9.47 Å². The highest BCUT2D eigenvalue weighted by Crippen LogP contribution is 2.11. The van der Waals surface area contributed by atoms with Crippen molar-refractivity contribution < 1.29 is 28.7 Å². The minimum atomic E-state index is -0.756. The quantitative estimate of drug-likeness (QED) is 0.332. The topological polar surface area (TPSA) is 135 Å². The van der Waals surface area contributed by atoms with Gasteiger partial charge in [0.25, 0.3) is 0 Å². The van der Waals surface area contributed by atoms with Gasteiger partial charge in [0.1, 0.15) is 23.3 Å². The van der Waals surface area contributed by atoms with E-state index in [1.807, 2.05) is 27.7 Å². The molecule has 4 N–H and O–H groups in total. The van der Waals surface area contributed by atoms with E-state index in [1.54, 1.807) is 41.5 Å². The summed E-state index contributed by atoms with van der Waals surface area (Å²) in [5, 5.41) is 10.7. The van der Waals surface area contributed by atoms with Crippen LogP contribution in [-0.4, -0.2) is 60.4 Å². The molecule has 0 aliphatic heterocycles. The van der Waals surface area contributed by atoms with Crippen molar-refractivity contribution in [3.63, 3.8) is 0 Å². The Morgan fingerprint density at radius 1 is 0.618 bits per heavy atom. The van der Waals surface area contributed by atoms with Crippen molar-refractivity contribution in [2.75, 3.05) is 13.1 Å². The van der Waals surface area contributed by atoms with Crippen molar-refractivity contribution in [3.05, 3.63) is 0 Å². The summed E-state index contributed by atoms with van der Waals surface area (Å²) in [6.07, 6.45) is -0.445. The Bertz CT molecular complexity index is 622. The monoisotopic (exact) mass is 486 g/mol. The standard InChI is InChI=1S/C24H46N4O6/c1-15(2)13-17(27-21(31)33-23(5,6)7)19(29)25-11-12-26-20(30)18(14-16(3)4)28-22(32)34-24(8,9)10/h15-18H,11-14H2,1-10H3,(H,25,29)(H,26,30)(H,27,31)(H,28,32)/t17-,18-/m1/s1. The van der Waals surface area contributed by atoms with Crippen molar-refractivity contribution in [3.8, 4) is 0 Å². The van der Waals surface area contributed by atoms with Crippen molar-refractivity contribution in [1.29, 1.82) is 0 Å². The summed E-state index contributed by atoms with van der Waals surface area (Å²) in [4.78, 5) is 49.4. The first-order chi connectivity index (χ1) is 15.4. The van der Waals surface area contributed by atoms with Gasteiger partial charge in [0, 0.05) is 13.1 Å². The number of carbonyl (C=O) groups excluding carboxylic acids is 4. The number of hydrogen-bond donors (Lipinski definition) is 4. The molecule has 0 aromatic carbocycles. The molecule has 0 heterocycles. The van der Waals surface area contributed by atoms with E-state index in [1.165, 1.54) is 0 Å². The molecule has 0 spiro atoms. The number of amides is 4. The van der Waals surface area contributed by atoms with Crippen molar-refractivity contribution >= 4 is 24.0 Å². The maximum atomic E-state index is 12.6. The van der Waals surface area contributed by atoms with Crippen LogP contribution in [0.3, 0.4) is 0 Å². The molecule has 0 bridgehead atoms. The number of hydrogen-bond acceptors (Lipinski definition) is 6. The molecule has 0 saturated carbocycles. The maximum Gasteiger partial charge on any atom is 0.408 e. The molecule has 2 atom stereocenters. The number of rotatable bonds is 11. The average molecular weight is 487 g/mol. The highest BCUT2D eigenvalue weighted by atomic mass is 16.6. The van der Waals surface area contributed by atoms with Gasteiger partial charge in [-0.05, 0) is 66.2 Å². The summed E-state index contributed by atoms with van der Waals surface area (Å²) in [6.45, 7) is 18.6. The molecule has 0 aromatic heterocycles. The third kappa shape index (κ3) is 16.1. The second kappa shape index (κ2) is 14.0. The Labute approximate surface area is 204 Å². The largest absolute Gasteiger partial charge is 0.444 e. The molecular formula is C24H46N4O6. The molecule has 4 amide bonds. The van der Waals surface area contributed by atoms with Crippen LogP contribution in [0.5, 0.6) is 0 Å². The normalized spacial score (nSPS) is 13.6. The third-order valence-corrected chi connectivity index (χ3v) is 4.15. The zero-order valence-electron chi connectivity index (χ0n) is 22.6. The summed E-state index contributed by atoms with van der Waals surface area (Å²) in [6, 6.07) is -1.51. The molecule has 0 saturated heterocycles. The van der Waals surface area contributed by atoms with Crippen LogP contribution in [0.25, 0.3) is 0 Å². The number of alkyl carbamates (subject to hydrolysis) is 2.